The van der Waals surface area contributed by atoms with Crippen molar-refractivity contribution < 1.29 is 23.8 Å². The smallest absolute Gasteiger partial charge is 0.254 e. The third kappa shape index (κ3) is 4.15. The lowest BCUT2D eigenvalue weighted by Crippen LogP contribution is -2.44. The second-order valence-corrected chi connectivity index (χ2v) is 8.28. The highest BCUT2D eigenvalue weighted by Crippen LogP contribution is 2.44. The molecule has 34 heavy (non-hydrogen) atoms. The van der Waals surface area contributed by atoms with E-state index in [2.05, 4.69) is 5.32 Å². The molecule has 1 aliphatic heterocycles. The summed E-state index contributed by atoms with van der Waals surface area (Å²) < 4.78 is 16.0. The van der Waals surface area contributed by atoms with Crippen LogP contribution in [0.2, 0.25) is 5.02 Å². The average molecular weight is 481 g/mol. The first-order valence-corrected chi connectivity index (χ1v) is 11.0. The Bertz CT molecular complexity index is 1230. The summed E-state index contributed by atoms with van der Waals surface area (Å²) in [5.74, 6) is 0.396. The Kier molecular flexibility index (Phi) is 6.65. The molecule has 3 aromatic rings. The van der Waals surface area contributed by atoms with Crippen LogP contribution in [0.5, 0.6) is 17.2 Å². The predicted molar refractivity (Wildman–Crippen MR) is 130 cm³/mol. The minimum absolute atomic E-state index is 0.148. The van der Waals surface area contributed by atoms with Crippen molar-refractivity contribution in [3.8, 4) is 17.2 Å². The lowest BCUT2D eigenvalue weighted by Gasteiger charge is -2.39. The minimum Gasteiger partial charge on any atom is -0.497 e. The number of carbonyl (C=O) groups excluding carboxylic acids is 2. The van der Waals surface area contributed by atoms with Gasteiger partial charge in [0.25, 0.3) is 5.91 Å². The van der Waals surface area contributed by atoms with E-state index in [4.69, 9.17) is 25.8 Å². The number of methoxy groups -OCH3 is 3. The molecule has 0 saturated heterocycles. The molecule has 0 fully saturated rings. The highest BCUT2D eigenvalue weighted by Gasteiger charge is 2.42. The Balaban J connectivity index is 1.80. The van der Waals surface area contributed by atoms with Gasteiger partial charge in [0.15, 0.2) is 0 Å². The highest BCUT2D eigenvalue weighted by molar-refractivity contribution is 6.32. The van der Waals surface area contributed by atoms with Crippen molar-refractivity contribution >= 4 is 29.1 Å². The fourth-order valence-electron chi connectivity index (χ4n) is 4.34. The number of nitrogens with zero attached hydrogens (tertiary/aromatic N) is 1. The van der Waals surface area contributed by atoms with E-state index in [1.54, 1.807) is 43.3 Å². The lowest BCUT2D eigenvalue weighted by atomic mass is 9.79. The number of amides is 2. The van der Waals surface area contributed by atoms with Gasteiger partial charge in [-0.2, -0.15) is 0 Å². The molecule has 1 aliphatic rings. The van der Waals surface area contributed by atoms with E-state index >= 15 is 0 Å². The monoisotopic (exact) mass is 480 g/mol. The third-order valence-corrected chi connectivity index (χ3v) is 6.35. The summed E-state index contributed by atoms with van der Waals surface area (Å²) in [5, 5.41) is 3.29. The molecule has 176 valence electrons. The highest BCUT2D eigenvalue weighted by atomic mass is 35.5. The first-order valence-electron chi connectivity index (χ1n) is 10.6. The molecule has 0 radical (unpaired) electrons. The number of likely N-dealkylation sites (N-methyl/N-ethyl adjacent to an activating group) is 1. The standard InChI is InChI=1S/C26H25ClN2O5/c1-29-24(15-9-11-16(32-2)12-10-15)23(17-7-5-6-8-18(17)26(29)31)25(30)28-20-13-19(27)21(33-3)14-22(20)34-4/h5-14,23-24H,1-4H3,(H,28,30)/t23-,24+/m0/s1. The Hall–Kier alpha value is -3.71. The van der Waals surface area contributed by atoms with Gasteiger partial charge in [-0.1, -0.05) is 41.9 Å². The maximum atomic E-state index is 13.8. The number of carbonyl (C=O) groups is 2. The van der Waals surface area contributed by atoms with E-state index in [1.165, 1.54) is 14.2 Å². The first kappa shape index (κ1) is 23.4. The molecule has 8 heteroatoms. The van der Waals surface area contributed by atoms with Crippen LogP contribution in [-0.2, 0) is 4.79 Å². The average Bonchev–Trinajstić information content (AvgIpc) is 2.86. The fraction of sp³-hybridized carbons (Fsp3) is 0.231. The number of nitrogens with one attached hydrogen (secondary N) is 1. The van der Waals surface area contributed by atoms with Crippen molar-refractivity contribution in [2.75, 3.05) is 33.7 Å². The molecule has 2 amide bonds. The van der Waals surface area contributed by atoms with Crippen molar-refractivity contribution in [2.24, 2.45) is 0 Å². The second kappa shape index (κ2) is 9.65. The van der Waals surface area contributed by atoms with Gasteiger partial charge in [-0.25, -0.2) is 0 Å². The lowest BCUT2D eigenvalue weighted by molar-refractivity contribution is -0.119. The van der Waals surface area contributed by atoms with Gasteiger partial charge in [0.05, 0.1) is 44.0 Å². The number of halogens is 1. The van der Waals surface area contributed by atoms with Crippen LogP contribution in [0.4, 0.5) is 5.69 Å². The van der Waals surface area contributed by atoms with Crippen LogP contribution in [0.15, 0.2) is 60.7 Å². The number of fused-ring (bicyclic) bond motifs is 1. The zero-order chi connectivity index (χ0) is 24.4. The Morgan fingerprint density at radius 3 is 2.26 bits per heavy atom. The molecule has 2 atom stereocenters. The van der Waals surface area contributed by atoms with Crippen LogP contribution < -0.4 is 19.5 Å². The molecule has 0 aromatic heterocycles. The third-order valence-electron chi connectivity index (χ3n) is 6.05. The molecule has 1 heterocycles. The molecule has 0 aliphatic carbocycles. The van der Waals surface area contributed by atoms with E-state index in [-0.39, 0.29) is 11.8 Å². The van der Waals surface area contributed by atoms with Crippen LogP contribution in [0.25, 0.3) is 0 Å². The Labute approximate surface area is 203 Å². The number of ether oxygens (including phenoxy) is 3. The van der Waals surface area contributed by atoms with Crippen molar-refractivity contribution in [1.82, 2.24) is 4.90 Å². The predicted octanol–water partition coefficient (Wildman–Crippen LogP) is 4.92. The Morgan fingerprint density at radius 1 is 0.941 bits per heavy atom. The quantitative estimate of drug-likeness (QED) is 0.542. The van der Waals surface area contributed by atoms with Gasteiger partial charge in [0, 0.05) is 18.7 Å². The van der Waals surface area contributed by atoms with E-state index in [1.807, 2.05) is 36.4 Å². The maximum Gasteiger partial charge on any atom is 0.254 e. The Morgan fingerprint density at radius 2 is 1.62 bits per heavy atom. The molecule has 1 N–H and O–H groups in total. The van der Waals surface area contributed by atoms with Gasteiger partial charge in [-0.15, -0.1) is 0 Å². The van der Waals surface area contributed by atoms with Crippen LogP contribution in [0, 0.1) is 0 Å². The largest absolute Gasteiger partial charge is 0.497 e. The molecule has 7 nitrogen and oxygen atoms in total. The summed E-state index contributed by atoms with van der Waals surface area (Å²) in [4.78, 5) is 28.6. The van der Waals surface area contributed by atoms with E-state index < -0.39 is 12.0 Å². The molecule has 0 saturated carbocycles. The summed E-state index contributed by atoms with van der Waals surface area (Å²) >= 11 is 6.31. The van der Waals surface area contributed by atoms with Gasteiger partial charge in [0.1, 0.15) is 17.2 Å². The fourth-order valence-corrected chi connectivity index (χ4v) is 4.58. The molecule has 3 aromatic carbocycles. The summed E-state index contributed by atoms with van der Waals surface area (Å²) in [6.07, 6.45) is 0. The van der Waals surface area contributed by atoms with Crippen molar-refractivity contribution in [3.05, 3.63) is 82.4 Å². The molecule has 0 unspecified atom stereocenters. The van der Waals surface area contributed by atoms with Gasteiger partial charge in [0.2, 0.25) is 5.91 Å². The molecular formula is C26H25ClN2O5. The number of hydrogen-bond donors (Lipinski definition) is 1. The summed E-state index contributed by atoms with van der Waals surface area (Å²) in [5.41, 5.74) is 2.37. The summed E-state index contributed by atoms with van der Waals surface area (Å²) in [6, 6.07) is 17.2. The molecular weight excluding hydrogens is 456 g/mol. The van der Waals surface area contributed by atoms with Crippen molar-refractivity contribution in [1.29, 1.82) is 0 Å². The zero-order valence-electron chi connectivity index (χ0n) is 19.3. The maximum absolute atomic E-state index is 13.8. The molecule has 0 spiro atoms. The number of rotatable bonds is 6. The van der Waals surface area contributed by atoms with E-state index in [0.29, 0.717) is 39.1 Å². The second-order valence-electron chi connectivity index (χ2n) is 7.88. The number of hydrogen-bond acceptors (Lipinski definition) is 5. The van der Waals surface area contributed by atoms with Gasteiger partial charge in [-0.05, 0) is 35.4 Å². The van der Waals surface area contributed by atoms with Gasteiger partial charge < -0.3 is 24.4 Å². The topological polar surface area (TPSA) is 77.1 Å². The van der Waals surface area contributed by atoms with Crippen LogP contribution in [0.1, 0.15) is 33.4 Å². The van der Waals surface area contributed by atoms with Gasteiger partial charge >= 0.3 is 0 Å². The molecule has 0 bridgehead atoms. The van der Waals surface area contributed by atoms with Gasteiger partial charge in [-0.3, -0.25) is 9.59 Å². The SMILES string of the molecule is COc1ccc([C@@H]2[C@@H](C(=O)Nc3cc(Cl)c(OC)cc3OC)c3ccccc3C(=O)N2C)cc1. The van der Waals surface area contributed by atoms with E-state index in [0.717, 1.165) is 5.56 Å². The van der Waals surface area contributed by atoms with Crippen LogP contribution in [-0.4, -0.2) is 45.1 Å². The number of anilines is 1. The van der Waals surface area contributed by atoms with Crippen LogP contribution in [0.3, 0.4) is 0 Å². The van der Waals surface area contributed by atoms with E-state index in [9.17, 15) is 9.59 Å². The minimum atomic E-state index is -0.683. The normalized spacial score (nSPS) is 17.1. The summed E-state index contributed by atoms with van der Waals surface area (Å²) in [6.45, 7) is 0. The zero-order valence-corrected chi connectivity index (χ0v) is 20.1. The molecule has 4 rings (SSSR count). The summed E-state index contributed by atoms with van der Waals surface area (Å²) in [7, 11) is 6.30. The van der Waals surface area contributed by atoms with Crippen molar-refractivity contribution in [2.45, 2.75) is 12.0 Å². The number of benzene rings is 3. The van der Waals surface area contributed by atoms with Crippen LogP contribution >= 0.6 is 11.6 Å². The van der Waals surface area contributed by atoms with Crippen molar-refractivity contribution in [3.63, 3.8) is 0 Å². The first-order chi connectivity index (χ1) is 16.4.